The fourth-order valence-corrected chi connectivity index (χ4v) is 6.54. The van der Waals surface area contributed by atoms with Gasteiger partial charge in [0, 0.05) is 37.9 Å². The van der Waals surface area contributed by atoms with Crippen LogP contribution in [-0.2, 0) is 0 Å². The summed E-state index contributed by atoms with van der Waals surface area (Å²) in [6.45, 7) is 0. The van der Waals surface area contributed by atoms with Gasteiger partial charge in [-0.1, -0.05) is 121 Å². The Morgan fingerprint density at radius 1 is 0.349 bits per heavy atom. The van der Waals surface area contributed by atoms with E-state index in [-0.39, 0.29) is 0 Å². The molecule has 0 spiro atoms. The fraction of sp³-hybridized carbons (Fsp3) is 0. The van der Waals surface area contributed by atoms with Crippen molar-refractivity contribution in [3.8, 4) is 11.1 Å². The molecule has 0 amide bonds. The molecule has 9 rings (SSSR count). The number of anilines is 3. The summed E-state index contributed by atoms with van der Waals surface area (Å²) in [7, 11) is 0. The summed E-state index contributed by atoms with van der Waals surface area (Å²) in [5.74, 6) is 0. The van der Waals surface area contributed by atoms with Crippen molar-refractivity contribution in [3.05, 3.63) is 152 Å². The first-order chi connectivity index (χ1) is 21.3. The van der Waals surface area contributed by atoms with Gasteiger partial charge in [0.25, 0.3) is 0 Å². The van der Waals surface area contributed by atoms with Crippen LogP contribution in [0.5, 0.6) is 0 Å². The summed E-state index contributed by atoms with van der Waals surface area (Å²) in [5, 5.41) is 6.56. The number of nitrogens with zero attached hydrogens (tertiary/aromatic N) is 1. The number of benzene rings is 7. The molecule has 7 aromatic carbocycles. The van der Waals surface area contributed by atoms with Crippen LogP contribution >= 0.6 is 0 Å². The molecule has 0 radical (unpaired) electrons. The second-order valence-corrected chi connectivity index (χ2v) is 10.9. The fourth-order valence-electron chi connectivity index (χ4n) is 6.54. The molecule has 2 heterocycles. The molecule has 0 bridgehead atoms. The molecule has 3 heteroatoms. The van der Waals surface area contributed by atoms with Gasteiger partial charge in [0.15, 0.2) is 5.58 Å². The maximum Gasteiger partial charge on any atom is 0.159 e. The molecule has 2 aromatic heterocycles. The van der Waals surface area contributed by atoms with E-state index in [1.807, 2.05) is 24.3 Å². The number of rotatable bonds is 4. The molecule has 0 saturated heterocycles. The third-order valence-electron chi connectivity index (χ3n) is 8.46. The quantitative estimate of drug-likeness (QED) is 0.218. The van der Waals surface area contributed by atoms with E-state index >= 15 is 0 Å². The normalized spacial score (nSPS) is 11.7. The highest BCUT2D eigenvalue weighted by molar-refractivity contribution is 6.21. The third kappa shape index (κ3) is 3.62. The van der Waals surface area contributed by atoms with E-state index in [1.54, 1.807) is 0 Å². The molecule has 0 atom stereocenters. The van der Waals surface area contributed by atoms with Gasteiger partial charge in [-0.3, -0.25) is 0 Å². The molecule has 43 heavy (non-hydrogen) atoms. The van der Waals surface area contributed by atoms with Gasteiger partial charge in [0.2, 0.25) is 0 Å². The average Bonchev–Trinajstić information content (AvgIpc) is 3.65. The number of furan rings is 2. The smallest absolute Gasteiger partial charge is 0.159 e. The Labute approximate surface area is 247 Å². The highest BCUT2D eigenvalue weighted by atomic mass is 16.3. The van der Waals surface area contributed by atoms with E-state index in [1.165, 1.54) is 0 Å². The Kier molecular flexibility index (Phi) is 5.20. The molecular weight excluding hydrogens is 526 g/mol. The highest BCUT2D eigenvalue weighted by Gasteiger charge is 2.25. The second kappa shape index (κ2) is 9.37. The zero-order valence-corrected chi connectivity index (χ0v) is 23.2. The molecule has 0 aliphatic carbocycles. The van der Waals surface area contributed by atoms with Crippen molar-refractivity contribution < 1.29 is 8.83 Å². The van der Waals surface area contributed by atoms with Gasteiger partial charge in [0.05, 0.1) is 17.1 Å². The maximum atomic E-state index is 6.65. The van der Waals surface area contributed by atoms with Gasteiger partial charge in [-0.15, -0.1) is 0 Å². The van der Waals surface area contributed by atoms with E-state index in [9.17, 15) is 0 Å². The van der Waals surface area contributed by atoms with Crippen molar-refractivity contribution in [2.24, 2.45) is 0 Å². The van der Waals surface area contributed by atoms with Crippen LogP contribution in [0.15, 0.2) is 160 Å². The van der Waals surface area contributed by atoms with E-state index in [2.05, 4.69) is 132 Å². The monoisotopic (exact) mass is 551 g/mol. The number of para-hydroxylation sites is 4. The van der Waals surface area contributed by atoms with Crippen LogP contribution in [0.2, 0.25) is 0 Å². The van der Waals surface area contributed by atoms with Crippen LogP contribution in [-0.4, -0.2) is 0 Å². The predicted molar refractivity (Wildman–Crippen MR) is 179 cm³/mol. The minimum absolute atomic E-state index is 0.854. The molecule has 0 unspecified atom stereocenters. The second-order valence-electron chi connectivity index (χ2n) is 10.9. The predicted octanol–water partition coefficient (Wildman–Crippen LogP) is 11.8. The van der Waals surface area contributed by atoms with Crippen molar-refractivity contribution >= 4 is 71.7 Å². The minimum Gasteiger partial charge on any atom is -0.455 e. The van der Waals surface area contributed by atoms with Crippen LogP contribution in [0.25, 0.3) is 65.8 Å². The summed E-state index contributed by atoms with van der Waals surface area (Å²) < 4.78 is 13.1. The Balaban J connectivity index is 1.45. The summed E-state index contributed by atoms with van der Waals surface area (Å²) in [6, 6.07) is 53.0. The lowest BCUT2D eigenvalue weighted by molar-refractivity contribution is 0.669. The van der Waals surface area contributed by atoms with E-state index < -0.39 is 0 Å². The molecule has 0 N–H and O–H groups in total. The largest absolute Gasteiger partial charge is 0.455 e. The molecule has 0 aliphatic heterocycles. The Morgan fingerprint density at radius 2 is 0.884 bits per heavy atom. The van der Waals surface area contributed by atoms with E-state index in [0.29, 0.717) is 0 Å². The van der Waals surface area contributed by atoms with E-state index in [4.69, 9.17) is 8.83 Å². The van der Waals surface area contributed by atoms with Gasteiger partial charge in [-0.2, -0.15) is 0 Å². The van der Waals surface area contributed by atoms with Crippen molar-refractivity contribution in [3.63, 3.8) is 0 Å². The first-order valence-electron chi connectivity index (χ1n) is 14.5. The standard InChI is InChI=1S/C40H25NO2/c1-2-13-26(14-3-1)27-15-6-9-21-34(27)41(35-22-12-20-32-29-17-7-10-23-37(29)43-40(32)35)36-25-33-30-18-8-11-24-38(30)42-39(33)31-19-5-4-16-28(31)36/h1-25H. The van der Waals surface area contributed by atoms with Gasteiger partial charge in [-0.25, -0.2) is 0 Å². The molecular formula is C40H25NO2. The topological polar surface area (TPSA) is 29.5 Å². The number of fused-ring (bicyclic) bond motifs is 8. The number of hydrogen-bond donors (Lipinski definition) is 0. The molecule has 9 aromatic rings. The van der Waals surface area contributed by atoms with Gasteiger partial charge < -0.3 is 13.7 Å². The summed E-state index contributed by atoms with van der Waals surface area (Å²) in [4.78, 5) is 2.37. The Bertz CT molecular complexity index is 2470. The van der Waals surface area contributed by atoms with Gasteiger partial charge >= 0.3 is 0 Å². The molecule has 3 nitrogen and oxygen atoms in total. The lowest BCUT2D eigenvalue weighted by Gasteiger charge is -2.29. The molecule has 202 valence electrons. The lowest BCUT2D eigenvalue weighted by Crippen LogP contribution is -2.12. The van der Waals surface area contributed by atoms with E-state index in [0.717, 1.165) is 82.8 Å². The van der Waals surface area contributed by atoms with Crippen LogP contribution in [0.3, 0.4) is 0 Å². The van der Waals surface area contributed by atoms with Crippen molar-refractivity contribution in [2.75, 3.05) is 4.90 Å². The van der Waals surface area contributed by atoms with Crippen LogP contribution in [0.4, 0.5) is 17.1 Å². The highest BCUT2D eigenvalue weighted by Crippen LogP contribution is 2.49. The third-order valence-corrected chi connectivity index (χ3v) is 8.46. The Hall–Kier alpha value is -5.80. The van der Waals surface area contributed by atoms with Crippen molar-refractivity contribution in [2.45, 2.75) is 0 Å². The first-order valence-corrected chi connectivity index (χ1v) is 14.5. The lowest BCUT2D eigenvalue weighted by atomic mass is 9.99. The minimum atomic E-state index is 0.854. The summed E-state index contributed by atoms with van der Waals surface area (Å²) >= 11 is 0. The maximum absolute atomic E-state index is 6.65. The van der Waals surface area contributed by atoms with Crippen LogP contribution in [0.1, 0.15) is 0 Å². The zero-order chi connectivity index (χ0) is 28.3. The molecule has 0 aliphatic rings. The first kappa shape index (κ1) is 23.9. The van der Waals surface area contributed by atoms with Crippen LogP contribution < -0.4 is 4.90 Å². The SMILES string of the molecule is c1ccc(-c2ccccc2N(c2cc3c4ccccc4oc3c3ccccc23)c2cccc3c2oc2ccccc23)cc1. The zero-order valence-electron chi connectivity index (χ0n) is 23.2. The number of hydrogen-bond acceptors (Lipinski definition) is 3. The Morgan fingerprint density at radius 3 is 1.67 bits per heavy atom. The summed E-state index contributed by atoms with van der Waals surface area (Å²) in [5.41, 5.74) is 8.92. The van der Waals surface area contributed by atoms with Gasteiger partial charge in [0.1, 0.15) is 16.7 Å². The molecule has 0 saturated carbocycles. The summed E-state index contributed by atoms with van der Waals surface area (Å²) in [6.07, 6.45) is 0. The van der Waals surface area contributed by atoms with Crippen molar-refractivity contribution in [1.82, 2.24) is 0 Å². The molecule has 0 fully saturated rings. The van der Waals surface area contributed by atoms with Crippen LogP contribution in [0, 0.1) is 0 Å². The average molecular weight is 552 g/mol. The van der Waals surface area contributed by atoms with Crippen molar-refractivity contribution in [1.29, 1.82) is 0 Å². The van der Waals surface area contributed by atoms with Gasteiger partial charge in [-0.05, 0) is 35.9 Å².